The first-order chi connectivity index (χ1) is 8.97. The van der Waals surface area contributed by atoms with Crippen LogP contribution in [0.5, 0.6) is 0 Å². The van der Waals surface area contributed by atoms with Crippen molar-refractivity contribution in [1.29, 1.82) is 0 Å². The van der Waals surface area contributed by atoms with Gasteiger partial charge in [-0.05, 0) is 35.9 Å². The van der Waals surface area contributed by atoms with Gasteiger partial charge in [0.2, 0.25) is 0 Å². The molecule has 0 radical (unpaired) electrons. The number of hydrogen-bond donors (Lipinski definition) is 0. The fourth-order valence-corrected chi connectivity index (χ4v) is 2.26. The Morgan fingerprint density at radius 2 is 1.63 bits per heavy atom. The third-order valence-electron chi connectivity index (χ3n) is 2.30. The van der Waals surface area contributed by atoms with E-state index in [1.165, 1.54) is 36.4 Å². The van der Waals surface area contributed by atoms with Crippen molar-refractivity contribution in [2.45, 2.75) is 4.90 Å². The van der Waals surface area contributed by atoms with E-state index in [0.29, 0.717) is 5.56 Å². The van der Waals surface area contributed by atoms with Crippen molar-refractivity contribution >= 4 is 16.2 Å². The van der Waals surface area contributed by atoms with Gasteiger partial charge in [-0.2, -0.15) is 12.8 Å². The van der Waals surface area contributed by atoms with Crippen LogP contribution in [0.1, 0.15) is 5.56 Å². The summed E-state index contributed by atoms with van der Waals surface area (Å²) in [5.74, 6) is -1.08. The lowest BCUT2D eigenvalue weighted by Gasteiger charge is -1.98. The summed E-state index contributed by atoms with van der Waals surface area (Å²) in [4.78, 5) is -0.231. The molecule has 3 nitrogen and oxygen atoms in total. The van der Waals surface area contributed by atoms with Gasteiger partial charge in [0.05, 0.1) is 4.90 Å². The van der Waals surface area contributed by atoms with E-state index in [1.54, 1.807) is 0 Å². The summed E-state index contributed by atoms with van der Waals surface area (Å²) >= 11 is 0. The Morgan fingerprint density at radius 1 is 0.947 bits per heavy atom. The Kier molecular flexibility index (Phi) is 3.71. The lowest BCUT2D eigenvalue weighted by Crippen LogP contribution is -1.98. The van der Waals surface area contributed by atoms with Crippen LogP contribution >= 0.6 is 0 Å². The molecule has 98 valence electrons. The highest BCUT2D eigenvalue weighted by Crippen LogP contribution is 2.13. The summed E-state index contributed by atoms with van der Waals surface area (Å²) in [7, 11) is -3.96. The van der Waals surface area contributed by atoms with Crippen LogP contribution in [0.3, 0.4) is 0 Å². The average molecular weight is 281 g/mol. The topological polar surface area (TPSA) is 46.5 Å². The van der Waals surface area contributed by atoms with Crippen molar-refractivity contribution in [3.63, 3.8) is 0 Å². The van der Waals surface area contributed by atoms with Gasteiger partial charge in [-0.25, -0.2) is 8.78 Å². The maximum Gasteiger partial charge on any atom is 0.282 e. The first kappa shape index (κ1) is 13.4. The molecule has 0 aliphatic rings. The van der Waals surface area contributed by atoms with Crippen LogP contribution in [0.15, 0.2) is 57.8 Å². The maximum atomic E-state index is 12.9. The minimum atomic E-state index is -3.96. The summed E-state index contributed by atoms with van der Waals surface area (Å²) in [6, 6.07) is 9.72. The van der Waals surface area contributed by atoms with Gasteiger partial charge in [0.15, 0.2) is 0 Å². The highest BCUT2D eigenvalue weighted by atomic mass is 32.2. The molecule has 19 heavy (non-hydrogen) atoms. The average Bonchev–Trinajstić information content (AvgIpc) is 2.38. The lowest BCUT2D eigenvalue weighted by molar-refractivity contribution is 0.592. The monoisotopic (exact) mass is 281 g/mol. The molecule has 2 rings (SSSR count). The van der Waals surface area contributed by atoms with Crippen molar-refractivity contribution in [1.82, 2.24) is 0 Å². The molecule has 0 aromatic heterocycles. The third kappa shape index (κ3) is 3.45. The molecule has 0 atom stereocenters. The van der Waals surface area contributed by atoms with Gasteiger partial charge in [0.1, 0.15) is 11.6 Å². The van der Waals surface area contributed by atoms with E-state index >= 15 is 0 Å². The normalized spacial score (nSPS) is 11.9. The fraction of sp³-hybridized carbons (Fsp3) is 0. The first-order valence-electron chi connectivity index (χ1n) is 5.29. The molecule has 2 aromatic rings. The molecule has 0 aliphatic carbocycles. The summed E-state index contributed by atoms with van der Waals surface area (Å²) < 4.78 is 52.6. The largest absolute Gasteiger partial charge is 0.282 e. The van der Waals surface area contributed by atoms with Crippen LogP contribution in [-0.4, -0.2) is 14.6 Å². The Balaban J connectivity index is 2.29. The number of hydrogen-bond acceptors (Lipinski definition) is 2. The highest BCUT2D eigenvalue weighted by molar-refractivity contribution is 7.90. The fourth-order valence-electron chi connectivity index (χ4n) is 1.37. The number of rotatable bonds is 3. The molecule has 2 aromatic carbocycles. The molecule has 0 saturated carbocycles. The second-order valence-electron chi connectivity index (χ2n) is 3.72. The van der Waals surface area contributed by atoms with Gasteiger partial charge in [-0.3, -0.25) is 0 Å². The smallest absolute Gasteiger partial charge is 0.207 e. The number of nitrogens with zero attached hydrogens (tertiary/aromatic N) is 1. The Hall–Kier alpha value is -2.08. The Labute approximate surface area is 109 Å². The zero-order valence-electron chi connectivity index (χ0n) is 9.62. The van der Waals surface area contributed by atoms with E-state index in [1.807, 2.05) is 0 Å². The van der Waals surface area contributed by atoms with E-state index in [2.05, 4.69) is 4.40 Å². The standard InChI is InChI=1S/C13H9F2NO2S/c14-11-6-4-10(5-7-11)9-16-19(17,18)13-3-1-2-12(15)8-13/h1-9H. The van der Waals surface area contributed by atoms with Crippen LogP contribution < -0.4 is 0 Å². The van der Waals surface area contributed by atoms with Crippen molar-refractivity contribution in [2.24, 2.45) is 4.40 Å². The minimum absolute atomic E-state index is 0.231. The molecule has 0 amide bonds. The molecule has 0 spiro atoms. The lowest BCUT2D eigenvalue weighted by atomic mass is 10.2. The first-order valence-corrected chi connectivity index (χ1v) is 6.73. The highest BCUT2D eigenvalue weighted by Gasteiger charge is 2.12. The number of halogens is 2. The third-order valence-corrected chi connectivity index (χ3v) is 3.54. The quantitative estimate of drug-likeness (QED) is 0.812. The SMILES string of the molecule is O=S(=O)(N=Cc1ccc(F)cc1)c1cccc(F)c1. The van der Waals surface area contributed by atoms with E-state index in [9.17, 15) is 17.2 Å². The zero-order chi connectivity index (χ0) is 13.9. The van der Waals surface area contributed by atoms with Gasteiger partial charge in [-0.1, -0.05) is 18.2 Å². The van der Waals surface area contributed by atoms with Crippen LogP contribution in [0, 0.1) is 11.6 Å². The van der Waals surface area contributed by atoms with E-state index in [4.69, 9.17) is 0 Å². The van der Waals surface area contributed by atoms with E-state index < -0.39 is 21.7 Å². The summed E-state index contributed by atoms with van der Waals surface area (Å²) in [5.41, 5.74) is 0.432. The molecular weight excluding hydrogens is 272 g/mol. The predicted octanol–water partition coefficient (Wildman–Crippen LogP) is 2.77. The second kappa shape index (κ2) is 5.27. The molecule has 0 saturated heterocycles. The van der Waals surface area contributed by atoms with E-state index in [-0.39, 0.29) is 4.90 Å². The molecule has 6 heteroatoms. The minimum Gasteiger partial charge on any atom is -0.207 e. The number of sulfonamides is 1. The van der Waals surface area contributed by atoms with Crippen LogP contribution in [0.25, 0.3) is 0 Å². The molecule has 0 heterocycles. The summed E-state index contributed by atoms with van der Waals surface area (Å²) in [6.07, 6.45) is 1.08. The van der Waals surface area contributed by atoms with Crippen molar-refractivity contribution in [3.8, 4) is 0 Å². The number of benzene rings is 2. The molecule has 0 unspecified atom stereocenters. The second-order valence-corrected chi connectivity index (χ2v) is 5.35. The summed E-state index contributed by atoms with van der Waals surface area (Å²) in [5, 5.41) is 0. The van der Waals surface area contributed by atoms with Gasteiger partial charge < -0.3 is 0 Å². The van der Waals surface area contributed by atoms with Gasteiger partial charge >= 0.3 is 0 Å². The van der Waals surface area contributed by atoms with Crippen molar-refractivity contribution < 1.29 is 17.2 Å². The van der Waals surface area contributed by atoms with E-state index in [0.717, 1.165) is 18.3 Å². The zero-order valence-corrected chi connectivity index (χ0v) is 10.4. The predicted molar refractivity (Wildman–Crippen MR) is 67.6 cm³/mol. The molecule has 0 aliphatic heterocycles. The molecule has 0 N–H and O–H groups in total. The van der Waals surface area contributed by atoms with Crippen LogP contribution in [0.2, 0.25) is 0 Å². The maximum absolute atomic E-state index is 12.9. The molecule has 0 fully saturated rings. The van der Waals surface area contributed by atoms with Gasteiger partial charge in [0.25, 0.3) is 10.0 Å². The van der Waals surface area contributed by atoms with Crippen LogP contribution in [-0.2, 0) is 10.0 Å². The Bertz CT molecular complexity index is 710. The van der Waals surface area contributed by atoms with Gasteiger partial charge in [-0.15, -0.1) is 0 Å². The van der Waals surface area contributed by atoms with Gasteiger partial charge in [0, 0.05) is 6.21 Å². The van der Waals surface area contributed by atoms with Crippen molar-refractivity contribution in [3.05, 3.63) is 65.7 Å². The van der Waals surface area contributed by atoms with Crippen LogP contribution in [0.4, 0.5) is 8.78 Å². The Morgan fingerprint density at radius 3 is 2.26 bits per heavy atom. The molecule has 0 bridgehead atoms. The van der Waals surface area contributed by atoms with Crippen molar-refractivity contribution in [2.75, 3.05) is 0 Å². The summed E-state index contributed by atoms with van der Waals surface area (Å²) in [6.45, 7) is 0. The molecular formula is C13H9F2NO2S.